The Balaban J connectivity index is 2.23. The largest absolute Gasteiger partial charge is 0.353 e. The summed E-state index contributed by atoms with van der Waals surface area (Å²) in [6.07, 6.45) is 5.24. The Morgan fingerprint density at radius 3 is 2.62 bits per heavy atom. The normalized spacial score (nSPS) is 31.5. The van der Waals surface area contributed by atoms with E-state index in [-0.39, 0.29) is 23.8 Å². The molecule has 1 saturated carbocycles. The number of amides is 2. The molecule has 2 amide bonds. The minimum absolute atomic E-state index is 0.0564. The number of carbonyl (C=O) groups excluding carboxylic acids is 2. The fraction of sp³-hybridized carbons (Fsp3) is 0.895. The van der Waals surface area contributed by atoms with E-state index in [0.29, 0.717) is 18.9 Å². The number of carbonyl (C=O) groups is 2. The first-order valence-electron chi connectivity index (χ1n) is 9.55. The SMILES string of the molecule is CC[C@H](C)NC(=O)[C@H]1CO[C@]2(CCC[C@H](C)C2)N1C(=O)CC(C)C. The topological polar surface area (TPSA) is 58.6 Å². The van der Waals surface area contributed by atoms with Crippen molar-refractivity contribution in [1.29, 1.82) is 0 Å². The van der Waals surface area contributed by atoms with Crippen LogP contribution in [-0.4, -0.2) is 41.1 Å². The summed E-state index contributed by atoms with van der Waals surface area (Å²) in [7, 11) is 0. The number of nitrogens with zero attached hydrogens (tertiary/aromatic N) is 1. The molecular weight excluding hydrogens is 304 g/mol. The van der Waals surface area contributed by atoms with Gasteiger partial charge in [0, 0.05) is 12.5 Å². The van der Waals surface area contributed by atoms with Gasteiger partial charge in [-0.15, -0.1) is 0 Å². The smallest absolute Gasteiger partial charge is 0.245 e. The zero-order valence-corrected chi connectivity index (χ0v) is 15.9. The molecule has 0 bridgehead atoms. The van der Waals surface area contributed by atoms with Crippen LogP contribution in [-0.2, 0) is 14.3 Å². The van der Waals surface area contributed by atoms with Gasteiger partial charge in [-0.1, -0.05) is 34.1 Å². The Kier molecular flexibility index (Phi) is 6.29. The molecule has 2 rings (SSSR count). The standard InChI is InChI=1S/C19H34N2O3/c1-6-15(5)20-18(23)16-12-24-19(9-7-8-14(4)11-19)21(16)17(22)10-13(2)3/h13-16H,6-12H2,1-5H3,(H,20,23)/t14-,15-,16+,19-/m0/s1. The summed E-state index contributed by atoms with van der Waals surface area (Å²) in [6, 6.07) is -0.378. The predicted octanol–water partition coefficient (Wildman–Crippen LogP) is 3.08. The van der Waals surface area contributed by atoms with Crippen molar-refractivity contribution in [2.24, 2.45) is 11.8 Å². The summed E-state index contributed by atoms with van der Waals surface area (Å²) in [5.74, 6) is 0.774. The van der Waals surface area contributed by atoms with Crippen LogP contribution in [0.1, 0.15) is 73.1 Å². The molecule has 1 aliphatic heterocycles. The highest BCUT2D eigenvalue weighted by Crippen LogP contribution is 2.43. The first-order chi connectivity index (χ1) is 11.3. The predicted molar refractivity (Wildman–Crippen MR) is 94.3 cm³/mol. The van der Waals surface area contributed by atoms with Crippen LogP contribution in [0.5, 0.6) is 0 Å². The van der Waals surface area contributed by atoms with Crippen LogP contribution < -0.4 is 5.32 Å². The molecule has 0 unspecified atom stereocenters. The molecule has 24 heavy (non-hydrogen) atoms. The summed E-state index contributed by atoms with van der Waals surface area (Å²) < 4.78 is 6.16. The summed E-state index contributed by atoms with van der Waals surface area (Å²) in [4.78, 5) is 27.5. The Hall–Kier alpha value is -1.10. The van der Waals surface area contributed by atoms with Crippen molar-refractivity contribution in [3.05, 3.63) is 0 Å². The van der Waals surface area contributed by atoms with Crippen LogP contribution in [0.4, 0.5) is 0 Å². The fourth-order valence-electron chi connectivity index (χ4n) is 3.97. The monoisotopic (exact) mass is 338 g/mol. The summed E-state index contributed by atoms with van der Waals surface area (Å²) in [5, 5.41) is 3.03. The van der Waals surface area contributed by atoms with Crippen LogP contribution >= 0.6 is 0 Å². The number of rotatable bonds is 5. The van der Waals surface area contributed by atoms with Crippen molar-refractivity contribution in [3.8, 4) is 0 Å². The van der Waals surface area contributed by atoms with Crippen molar-refractivity contribution in [1.82, 2.24) is 10.2 Å². The second-order valence-electron chi connectivity index (χ2n) is 8.15. The molecule has 1 N–H and O–H groups in total. The Morgan fingerprint density at radius 1 is 1.33 bits per heavy atom. The molecule has 2 aliphatic rings. The summed E-state index contributed by atoms with van der Waals surface area (Å²) >= 11 is 0. The van der Waals surface area contributed by atoms with Crippen molar-refractivity contribution in [3.63, 3.8) is 0 Å². The quantitative estimate of drug-likeness (QED) is 0.838. The van der Waals surface area contributed by atoms with Gasteiger partial charge in [0.15, 0.2) is 0 Å². The lowest BCUT2D eigenvalue weighted by atomic mass is 9.83. The van der Waals surface area contributed by atoms with E-state index in [1.807, 2.05) is 27.7 Å². The molecule has 1 saturated heterocycles. The highest BCUT2D eigenvalue weighted by atomic mass is 16.5. The maximum Gasteiger partial charge on any atom is 0.245 e. The molecule has 138 valence electrons. The first-order valence-corrected chi connectivity index (χ1v) is 9.55. The van der Waals surface area contributed by atoms with Crippen molar-refractivity contribution < 1.29 is 14.3 Å². The van der Waals surface area contributed by atoms with E-state index in [0.717, 1.165) is 25.7 Å². The van der Waals surface area contributed by atoms with Crippen LogP contribution in [0.25, 0.3) is 0 Å². The Bertz CT molecular complexity index is 466. The second kappa shape index (κ2) is 7.85. The second-order valence-corrected chi connectivity index (χ2v) is 8.15. The van der Waals surface area contributed by atoms with Gasteiger partial charge in [0.25, 0.3) is 0 Å². The zero-order chi connectivity index (χ0) is 17.9. The van der Waals surface area contributed by atoms with E-state index < -0.39 is 11.8 Å². The molecule has 5 nitrogen and oxygen atoms in total. The van der Waals surface area contributed by atoms with E-state index in [9.17, 15) is 9.59 Å². The molecule has 0 aromatic rings. The molecule has 4 atom stereocenters. The van der Waals surface area contributed by atoms with Gasteiger partial charge in [0.2, 0.25) is 11.8 Å². The zero-order valence-electron chi connectivity index (χ0n) is 15.9. The maximum atomic E-state index is 13.0. The fourth-order valence-corrected chi connectivity index (χ4v) is 3.97. The van der Waals surface area contributed by atoms with Gasteiger partial charge in [-0.25, -0.2) is 0 Å². The summed E-state index contributed by atoms with van der Waals surface area (Å²) in [5.41, 5.74) is -0.568. The molecule has 2 fully saturated rings. The lowest BCUT2D eigenvalue weighted by Crippen LogP contribution is -2.57. The Morgan fingerprint density at radius 2 is 2.04 bits per heavy atom. The third-order valence-electron chi connectivity index (χ3n) is 5.35. The van der Waals surface area contributed by atoms with Crippen molar-refractivity contribution in [2.75, 3.05) is 6.61 Å². The van der Waals surface area contributed by atoms with Gasteiger partial charge in [0.05, 0.1) is 6.61 Å². The number of ether oxygens (including phenoxy) is 1. The van der Waals surface area contributed by atoms with Gasteiger partial charge >= 0.3 is 0 Å². The van der Waals surface area contributed by atoms with E-state index in [2.05, 4.69) is 12.2 Å². The van der Waals surface area contributed by atoms with E-state index >= 15 is 0 Å². The average molecular weight is 338 g/mol. The van der Waals surface area contributed by atoms with Gasteiger partial charge < -0.3 is 10.1 Å². The molecule has 0 aromatic carbocycles. The molecule has 1 spiro atoms. The van der Waals surface area contributed by atoms with Gasteiger partial charge in [-0.05, 0) is 44.4 Å². The molecule has 0 aromatic heterocycles. The first kappa shape index (κ1) is 19.2. The lowest BCUT2D eigenvalue weighted by molar-refractivity contribution is -0.163. The number of hydrogen-bond donors (Lipinski definition) is 1. The van der Waals surface area contributed by atoms with Gasteiger partial charge in [-0.3, -0.25) is 14.5 Å². The van der Waals surface area contributed by atoms with E-state index in [4.69, 9.17) is 4.74 Å². The lowest BCUT2D eigenvalue weighted by Gasteiger charge is -2.43. The number of hydrogen-bond acceptors (Lipinski definition) is 3. The molecule has 1 aliphatic carbocycles. The van der Waals surface area contributed by atoms with Crippen LogP contribution in [0.3, 0.4) is 0 Å². The number of nitrogens with one attached hydrogen (secondary N) is 1. The van der Waals surface area contributed by atoms with Crippen LogP contribution in [0, 0.1) is 11.8 Å². The minimum atomic E-state index is -0.568. The van der Waals surface area contributed by atoms with Crippen LogP contribution in [0.2, 0.25) is 0 Å². The maximum absolute atomic E-state index is 13.0. The third-order valence-corrected chi connectivity index (χ3v) is 5.35. The van der Waals surface area contributed by atoms with Crippen molar-refractivity contribution >= 4 is 11.8 Å². The highest BCUT2D eigenvalue weighted by Gasteiger charge is 2.53. The highest BCUT2D eigenvalue weighted by molar-refractivity contribution is 5.89. The summed E-state index contributed by atoms with van der Waals surface area (Å²) in [6.45, 7) is 10.6. The average Bonchev–Trinajstić information content (AvgIpc) is 2.84. The van der Waals surface area contributed by atoms with Gasteiger partial charge in [0.1, 0.15) is 11.8 Å². The third kappa shape index (κ3) is 4.11. The molecule has 5 heteroatoms. The Labute approximate surface area is 146 Å². The van der Waals surface area contributed by atoms with Crippen LogP contribution in [0.15, 0.2) is 0 Å². The molecular formula is C19H34N2O3. The molecule has 1 heterocycles. The van der Waals surface area contributed by atoms with Gasteiger partial charge in [-0.2, -0.15) is 0 Å². The van der Waals surface area contributed by atoms with Crippen molar-refractivity contribution in [2.45, 2.75) is 91.0 Å². The van der Waals surface area contributed by atoms with E-state index in [1.165, 1.54) is 6.42 Å². The minimum Gasteiger partial charge on any atom is -0.353 e. The van der Waals surface area contributed by atoms with E-state index in [1.54, 1.807) is 4.90 Å². The molecule has 0 radical (unpaired) electrons.